The average molecular weight is 370 g/mol. The number of Topliss-reactive ketones (excluding diaryl/α,β-unsaturated/α-hetero) is 1. The lowest BCUT2D eigenvalue weighted by Crippen LogP contribution is -2.34. The molecule has 1 fully saturated rings. The van der Waals surface area contributed by atoms with Gasteiger partial charge in [-0.3, -0.25) is 9.59 Å². The van der Waals surface area contributed by atoms with E-state index in [1.807, 2.05) is 0 Å². The minimum atomic E-state index is -0.118. The fourth-order valence-electron chi connectivity index (χ4n) is 3.87. The Morgan fingerprint density at radius 1 is 1.22 bits per heavy atom. The van der Waals surface area contributed by atoms with Crippen molar-refractivity contribution >= 4 is 11.7 Å². The third-order valence-corrected chi connectivity index (χ3v) is 5.37. The van der Waals surface area contributed by atoms with Crippen molar-refractivity contribution in [3.63, 3.8) is 0 Å². The van der Waals surface area contributed by atoms with Gasteiger partial charge in [0, 0.05) is 19.4 Å². The summed E-state index contributed by atoms with van der Waals surface area (Å²) in [6.45, 7) is 0. The van der Waals surface area contributed by atoms with Crippen LogP contribution in [0.3, 0.4) is 0 Å². The normalized spacial score (nSPS) is 16.0. The van der Waals surface area contributed by atoms with E-state index in [9.17, 15) is 14.7 Å². The van der Waals surface area contributed by atoms with Crippen LogP contribution in [0, 0.1) is 11.8 Å². The molecule has 1 saturated carbocycles. The van der Waals surface area contributed by atoms with Gasteiger partial charge in [0.2, 0.25) is 5.91 Å². The van der Waals surface area contributed by atoms with E-state index >= 15 is 0 Å². The van der Waals surface area contributed by atoms with E-state index in [4.69, 9.17) is 4.42 Å². The number of amides is 1. The second-order valence-electron chi connectivity index (χ2n) is 7.15. The lowest BCUT2D eigenvalue weighted by atomic mass is 9.77. The van der Waals surface area contributed by atoms with Crippen LogP contribution in [0.2, 0.25) is 0 Å². The number of nitrogens with zero attached hydrogens (tertiary/aromatic N) is 1. The first-order valence-corrected chi connectivity index (χ1v) is 9.58. The Hall–Kier alpha value is -2.63. The summed E-state index contributed by atoms with van der Waals surface area (Å²) in [5.41, 5.74) is 0.553. The van der Waals surface area contributed by atoms with Crippen molar-refractivity contribution < 1.29 is 19.1 Å². The van der Waals surface area contributed by atoms with Crippen LogP contribution in [0.25, 0.3) is 11.5 Å². The molecule has 0 saturated heterocycles. The molecule has 1 atom stereocenters. The molecule has 1 aliphatic carbocycles. The number of hydrogen-bond acceptors (Lipinski definition) is 5. The highest BCUT2D eigenvalue weighted by Crippen LogP contribution is 2.33. The quantitative estimate of drug-likeness (QED) is 0.720. The molecule has 0 bridgehead atoms. The Morgan fingerprint density at radius 2 is 2.00 bits per heavy atom. The van der Waals surface area contributed by atoms with Crippen molar-refractivity contribution in [2.45, 2.75) is 44.9 Å². The Bertz CT molecular complexity index is 776. The Morgan fingerprint density at radius 3 is 2.67 bits per heavy atom. The van der Waals surface area contributed by atoms with Gasteiger partial charge in [0.1, 0.15) is 11.4 Å². The van der Waals surface area contributed by atoms with Crippen molar-refractivity contribution in [1.82, 2.24) is 10.3 Å². The molecular weight excluding hydrogens is 344 g/mol. The molecule has 27 heavy (non-hydrogen) atoms. The zero-order valence-electron chi connectivity index (χ0n) is 15.6. The largest absolute Gasteiger partial charge is 0.506 e. The molecule has 2 heterocycles. The molecule has 6 heteroatoms. The van der Waals surface area contributed by atoms with Gasteiger partial charge in [-0.1, -0.05) is 19.3 Å². The maximum atomic E-state index is 12.6. The molecule has 1 aliphatic rings. The van der Waals surface area contributed by atoms with Gasteiger partial charge in [-0.05, 0) is 49.4 Å². The van der Waals surface area contributed by atoms with Gasteiger partial charge >= 0.3 is 0 Å². The van der Waals surface area contributed by atoms with Crippen LogP contribution in [0.15, 0.2) is 34.9 Å². The second kappa shape index (κ2) is 8.84. The van der Waals surface area contributed by atoms with Crippen LogP contribution in [0.5, 0.6) is 5.75 Å². The summed E-state index contributed by atoms with van der Waals surface area (Å²) >= 11 is 0. The average Bonchev–Trinajstić information content (AvgIpc) is 3.19. The van der Waals surface area contributed by atoms with E-state index in [0.29, 0.717) is 23.8 Å². The zero-order valence-corrected chi connectivity index (χ0v) is 15.6. The van der Waals surface area contributed by atoms with Crippen LogP contribution in [-0.4, -0.2) is 28.8 Å². The van der Waals surface area contributed by atoms with Gasteiger partial charge in [-0.15, -0.1) is 0 Å². The summed E-state index contributed by atoms with van der Waals surface area (Å²) in [5, 5.41) is 12.1. The van der Waals surface area contributed by atoms with Crippen molar-refractivity contribution in [2.75, 3.05) is 7.05 Å². The predicted octanol–water partition coefficient (Wildman–Crippen LogP) is 3.95. The lowest BCUT2D eigenvalue weighted by Gasteiger charge is -2.28. The van der Waals surface area contributed by atoms with Crippen molar-refractivity contribution in [3.05, 3.63) is 36.2 Å². The topological polar surface area (TPSA) is 92.4 Å². The van der Waals surface area contributed by atoms with Gasteiger partial charge in [0.05, 0.1) is 6.20 Å². The number of ketones is 1. The number of pyridine rings is 1. The predicted molar refractivity (Wildman–Crippen MR) is 101 cm³/mol. The molecular formula is C21H26N2O4. The maximum Gasteiger partial charge on any atom is 0.223 e. The highest BCUT2D eigenvalue weighted by atomic mass is 16.3. The fourth-order valence-corrected chi connectivity index (χ4v) is 3.87. The van der Waals surface area contributed by atoms with Gasteiger partial charge in [-0.2, -0.15) is 0 Å². The molecule has 2 aromatic rings. The van der Waals surface area contributed by atoms with Crippen LogP contribution < -0.4 is 5.32 Å². The molecule has 2 N–H and O–H groups in total. The number of aromatic hydroxyl groups is 1. The van der Waals surface area contributed by atoms with Gasteiger partial charge in [-0.25, -0.2) is 4.98 Å². The number of carbonyl (C=O) groups is 2. The minimum Gasteiger partial charge on any atom is -0.506 e. The Labute approximate surface area is 159 Å². The zero-order chi connectivity index (χ0) is 19.2. The summed E-state index contributed by atoms with van der Waals surface area (Å²) < 4.78 is 5.64. The number of carbonyl (C=O) groups excluding carboxylic acids is 2. The van der Waals surface area contributed by atoms with E-state index in [2.05, 4.69) is 10.3 Å². The van der Waals surface area contributed by atoms with Gasteiger partial charge in [0.15, 0.2) is 17.3 Å². The van der Waals surface area contributed by atoms with Crippen molar-refractivity contribution in [2.24, 2.45) is 11.8 Å². The molecule has 0 radical (unpaired) electrons. The van der Waals surface area contributed by atoms with Gasteiger partial charge < -0.3 is 14.8 Å². The molecule has 3 rings (SSSR count). The maximum absolute atomic E-state index is 12.6. The van der Waals surface area contributed by atoms with E-state index < -0.39 is 0 Å². The highest BCUT2D eigenvalue weighted by Gasteiger charge is 2.29. The number of hydrogen-bond donors (Lipinski definition) is 2. The van der Waals surface area contributed by atoms with E-state index in [-0.39, 0.29) is 35.5 Å². The number of aromatic nitrogens is 1. The third-order valence-electron chi connectivity index (χ3n) is 5.37. The van der Waals surface area contributed by atoms with E-state index in [0.717, 1.165) is 25.7 Å². The third kappa shape index (κ3) is 4.76. The summed E-state index contributed by atoms with van der Waals surface area (Å²) in [5.74, 6) is 0.998. The molecule has 1 amide bonds. The molecule has 6 nitrogen and oxygen atoms in total. The molecule has 144 valence electrons. The first-order chi connectivity index (χ1) is 13.1. The Kier molecular flexibility index (Phi) is 6.27. The van der Waals surface area contributed by atoms with E-state index in [1.165, 1.54) is 18.7 Å². The second-order valence-corrected chi connectivity index (χ2v) is 7.15. The first kappa shape index (κ1) is 19.1. The fraction of sp³-hybridized carbons (Fsp3) is 0.476. The van der Waals surface area contributed by atoms with Gasteiger partial charge in [0.25, 0.3) is 0 Å². The number of rotatable bonds is 7. The lowest BCUT2D eigenvalue weighted by molar-refractivity contribution is -0.126. The van der Waals surface area contributed by atoms with Crippen LogP contribution in [0.1, 0.15) is 55.5 Å². The molecule has 2 aromatic heterocycles. The highest BCUT2D eigenvalue weighted by molar-refractivity contribution is 5.94. The SMILES string of the molecule is CNC(=O)C(CCC(=O)c1ccc(-c2ccc(O)cn2)o1)C1CCCCC1. The molecule has 0 aliphatic heterocycles. The summed E-state index contributed by atoms with van der Waals surface area (Å²) in [6, 6.07) is 6.49. The number of furan rings is 1. The molecule has 1 unspecified atom stereocenters. The molecule has 0 aromatic carbocycles. The van der Waals surface area contributed by atoms with Crippen molar-refractivity contribution in [3.8, 4) is 17.2 Å². The summed E-state index contributed by atoms with van der Waals surface area (Å²) in [4.78, 5) is 28.9. The summed E-state index contributed by atoms with van der Waals surface area (Å²) in [7, 11) is 1.66. The first-order valence-electron chi connectivity index (χ1n) is 9.58. The van der Waals surface area contributed by atoms with Crippen molar-refractivity contribution in [1.29, 1.82) is 0 Å². The van der Waals surface area contributed by atoms with Crippen LogP contribution >= 0.6 is 0 Å². The smallest absolute Gasteiger partial charge is 0.223 e. The minimum absolute atomic E-state index is 0.0307. The Balaban J connectivity index is 1.63. The standard InChI is InChI=1S/C21H26N2O4/c1-22-21(26)16(14-5-3-2-4-6-14)8-10-18(25)20-12-11-19(27-20)17-9-7-15(24)13-23-17/h7,9,11-14,16,24H,2-6,8,10H2,1H3,(H,22,26). The molecule has 0 spiro atoms. The summed E-state index contributed by atoms with van der Waals surface area (Å²) in [6.07, 6.45) is 7.82. The number of nitrogens with one attached hydrogen (secondary N) is 1. The van der Waals surface area contributed by atoms with Crippen LogP contribution in [-0.2, 0) is 4.79 Å². The van der Waals surface area contributed by atoms with Crippen LogP contribution in [0.4, 0.5) is 0 Å². The monoisotopic (exact) mass is 370 g/mol. The van der Waals surface area contributed by atoms with E-state index in [1.54, 1.807) is 25.2 Å².